The van der Waals surface area contributed by atoms with E-state index in [4.69, 9.17) is 0 Å². The van der Waals surface area contributed by atoms with Gasteiger partial charge in [-0.3, -0.25) is 4.90 Å². The Hall–Kier alpha value is -0.820. The summed E-state index contributed by atoms with van der Waals surface area (Å²) in [7, 11) is 2.19. The Labute approximate surface area is 87.7 Å². The lowest BCUT2D eigenvalue weighted by Crippen LogP contribution is -2.22. The molecule has 1 aromatic carbocycles. The highest BCUT2D eigenvalue weighted by molar-refractivity contribution is 5.23. The van der Waals surface area contributed by atoms with Crippen LogP contribution in [0.25, 0.3) is 0 Å². The maximum atomic E-state index is 2.39. The fourth-order valence-electron chi connectivity index (χ4n) is 1.65. The van der Waals surface area contributed by atoms with Crippen LogP contribution in [0, 0.1) is 6.92 Å². The largest absolute Gasteiger partial charge is 0.300 e. The van der Waals surface area contributed by atoms with Crippen LogP contribution in [-0.4, -0.2) is 18.5 Å². The molecule has 0 fully saturated rings. The van der Waals surface area contributed by atoms with Crippen LogP contribution in [0.15, 0.2) is 24.3 Å². The standard InChI is InChI=1S/C13H21N/c1-5-10-14(4)12(3)13-8-6-11(2)7-9-13/h6-9,12H,5,10H2,1-4H3. The maximum Gasteiger partial charge on any atom is 0.0316 e. The summed E-state index contributed by atoms with van der Waals surface area (Å²) in [5.74, 6) is 0. The Morgan fingerprint density at radius 2 is 1.79 bits per heavy atom. The van der Waals surface area contributed by atoms with Crippen molar-refractivity contribution in [2.24, 2.45) is 0 Å². The van der Waals surface area contributed by atoms with E-state index in [-0.39, 0.29) is 0 Å². The Kier molecular flexibility index (Phi) is 4.15. The van der Waals surface area contributed by atoms with Gasteiger partial charge in [0.25, 0.3) is 0 Å². The molecule has 0 N–H and O–H groups in total. The van der Waals surface area contributed by atoms with E-state index >= 15 is 0 Å². The van der Waals surface area contributed by atoms with Crippen molar-refractivity contribution < 1.29 is 0 Å². The Bertz CT molecular complexity index is 263. The van der Waals surface area contributed by atoms with Crippen molar-refractivity contribution in [3.05, 3.63) is 35.4 Å². The summed E-state index contributed by atoms with van der Waals surface area (Å²) in [5, 5.41) is 0. The van der Waals surface area contributed by atoms with Crippen LogP contribution in [0.5, 0.6) is 0 Å². The molecule has 0 heterocycles. The van der Waals surface area contributed by atoms with E-state index in [2.05, 4.69) is 57.0 Å². The third-order valence-electron chi connectivity index (χ3n) is 2.80. The number of benzene rings is 1. The highest BCUT2D eigenvalue weighted by atomic mass is 15.1. The van der Waals surface area contributed by atoms with E-state index < -0.39 is 0 Å². The van der Waals surface area contributed by atoms with E-state index in [1.807, 2.05) is 0 Å². The third kappa shape index (κ3) is 2.85. The SMILES string of the molecule is CCCN(C)C(C)c1ccc(C)cc1. The van der Waals surface area contributed by atoms with Crippen molar-refractivity contribution in [2.75, 3.05) is 13.6 Å². The molecule has 1 heteroatoms. The van der Waals surface area contributed by atoms with Gasteiger partial charge in [-0.1, -0.05) is 36.8 Å². The van der Waals surface area contributed by atoms with E-state index in [0.717, 1.165) is 6.54 Å². The molecule has 0 radical (unpaired) electrons. The first kappa shape index (κ1) is 11.3. The average Bonchev–Trinajstić information content (AvgIpc) is 2.18. The van der Waals surface area contributed by atoms with Gasteiger partial charge in [-0.2, -0.15) is 0 Å². The fraction of sp³-hybridized carbons (Fsp3) is 0.538. The zero-order chi connectivity index (χ0) is 10.6. The summed E-state index contributed by atoms with van der Waals surface area (Å²) in [6, 6.07) is 9.35. The lowest BCUT2D eigenvalue weighted by atomic mass is 10.1. The topological polar surface area (TPSA) is 3.24 Å². The first-order valence-corrected chi connectivity index (χ1v) is 5.42. The van der Waals surface area contributed by atoms with E-state index in [9.17, 15) is 0 Å². The van der Waals surface area contributed by atoms with Crippen molar-refractivity contribution in [2.45, 2.75) is 33.2 Å². The molecule has 14 heavy (non-hydrogen) atoms. The van der Waals surface area contributed by atoms with Gasteiger partial charge in [0.15, 0.2) is 0 Å². The molecule has 1 aromatic rings. The molecule has 1 nitrogen and oxygen atoms in total. The van der Waals surface area contributed by atoms with Gasteiger partial charge < -0.3 is 0 Å². The molecule has 0 saturated carbocycles. The Balaban J connectivity index is 2.68. The number of rotatable bonds is 4. The molecule has 0 aliphatic heterocycles. The van der Waals surface area contributed by atoms with Crippen LogP contribution in [0.1, 0.15) is 37.4 Å². The van der Waals surface area contributed by atoms with Crippen molar-refractivity contribution in [1.82, 2.24) is 4.90 Å². The second-order valence-corrected chi connectivity index (χ2v) is 4.07. The van der Waals surface area contributed by atoms with Gasteiger partial charge in [-0.05, 0) is 39.4 Å². The summed E-state index contributed by atoms with van der Waals surface area (Å²) in [5.41, 5.74) is 2.74. The van der Waals surface area contributed by atoms with Gasteiger partial charge in [0.1, 0.15) is 0 Å². The van der Waals surface area contributed by atoms with Gasteiger partial charge in [0, 0.05) is 6.04 Å². The molecule has 0 spiro atoms. The summed E-state index contributed by atoms with van der Waals surface area (Å²) in [4.78, 5) is 2.39. The predicted molar refractivity (Wildman–Crippen MR) is 62.5 cm³/mol. The van der Waals surface area contributed by atoms with Crippen LogP contribution in [0.2, 0.25) is 0 Å². The molecular weight excluding hydrogens is 170 g/mol. The monoisotopic (exact) mass is 191 g/mol. The van der Waals surface area contributed by atoms with Crippen molar-refractivity contribution in [1.29, 1.82) is 0 Å². The first-order valence-electron chi connectivity index (χ1n) is 5.42. The zero-order valence-electron chi connectivity index (χ0n) is 9.75. The van der Waals surface area contributed by atoms with Crippen LogP contribution in [0.3, 0.4) is 0 Å². The van der Waals surface area contributed by atoms with Gasteiger partial charge >= 0.3 is 0 Å². The van der Waals surface area contributed by atoms with Crippen LogP contribution in [-0.2, 0) is 0 Å². The summed E-state index contributed by atoms with van der Waals surface area (Å²) < 4.78 is 0. The zero-order valence-corrected chi connectivity index (χ0v) is 9.75. The minimum absolute atomic E-state index is 0.524. The molecule has 78 valence electrons. The van der Waals surface area contributed by atoms with Crippen molar-refractivity contribution in [3.8, 4) is 0 Å². The lowest BCUT2D eigenvalue weighted by molar-refractivity contribution is 0.262. The van der Waals surface area contributed by atoms with Crippen LogP contribution < -0.4 is 0 Å². The summed E-state index contributed by atoms with van der Waals surface area (Å²) in [6.45, 7) is 7.78. The lowest BCUT2D eigenvalue weighted by Gasteiger charge is -2.24. The minimum Gasteiger partial charge on any atom is -0.300 e. The normalized spacial score (nSPS) is 13.2. The predicted octanol–water partition coefficient (Wildman–Crippen LogP) is 3.40. The van der Waals surface area contributed by atoms with Gasteiger partial charge in [0.05, 0.1) is 0 Å². The molecule has 0 aliphatic carbocycles. The second kappa shape index (κ2) is 5.16. The first-order chi connectivity index (χ1) is 6.65. The molecular formula is C13H21N. The fourth-order valence-corrected chi connectivity index (χ4v) is 1.65. The third-order valence-corrected chi connectivity index (χ3v) is 2.80. The molecule has 0 aliphatic rings. The maximum absolute atomic E-state index is 2.39. The van der Waals surface area contributed by atoms with E-state index in [1.54, 1.807) is 0 Å². The molecule has 0 aromatic heterocycles. The Morgan fingerprint density at radius 1 is 1.21 bits per heavy atom. The molecule has 0 saturated heterocycles. The molecule has 1 rings (SSSR count). The van der Waals surface area contributed by atoms with Crippen LogP contribution in [0.4, 0.5) is 0 Å². The van der Waals surface area contributed by atoms with Gasteiger partial charge in [0.2, 0.25) is 0 Å². The van der Waals surface area contributed by atoms with Crippen molar-refractivity contribution >= 4 is 0 Å². The summed E-state index contributed by atoms with van der Waals surface area (Å²) in [6.07, 6.45) is 1.21. The second-order valence-electron chi connectivity index (χ2n) is 4.07. The molecule has 1 unspecified atom stereocenters. The molecule has 1 atom stereocenters. The number of hydrogen-bond donors (Lipinski definition) is 0. The molecule has 0 amide bonds. The smallest absolute Gasteiger partial charge is 0.0316 e. The highest BCUT2D eigenvalue weighted by Gasteiger charge is 2.09. The number of nitrogens with zero attached hydrogens (tertiary/aromatic N) is 1. The Morgan fingerprint density at radius 3 is 2.29 bits per heavy atom. The summed E-state index contributed by atoms with van der Waals surface area (Å²) >= 11 is 0. The number of aryl methyl sites for hydroxylation is 1. The van der Waals surface area contributed by atoms with E-state index in [0.29, 0.717) is 6.04 Å². The number of hydrogen-bond acceptors (Lipinski definition) is 1. The highest BCUT2D eigenvalue weighted by Crippen LogP contribution is 2.18. The average molecular weight is 191 g/mol. The quantitative estimate of drug-likeness (QED) is 0.705. The molecule has 0 bridgehead atoms. The van der Waals surface area contributed by atoms with Crippen LogP contribution >= 0.6 is 0 Å². The van der Waals surface area contributed by atoms with Crippen molar-refractivity contribution in [3.63, 3.8) is 0 Å². The minimum atomic E-state index is 0.524. The van der Waals surface area contributed by atoms with E-state index in [1.165, 1.54) is 17.5 Å². The van der Waals surface area contributed by atoms with Gasteiger partial charge in [-0.15, -0.1) is 0 Å². The van der Waals surface area contributed by atoms with Gasteiger partial charge in [-0.25, -0.2) is 0 Å².